The Kier molecular flexibility index (Phi) is 3.48. The van der Waals surface area contributed by atoms with Crippen LogP contribution in [-0.4, -0.2) is 36.0 Å². The number of piperidine rings is 2. The first-order valence-electron chi connectivity index (χ1n) is 7.01. The number of amides is 1. The van der Waals surface area contributed by atoms with E-state index in [0.29, 0.717) is 30.1 Å². The summed E-state index contributed by atoms with van der Waals surface area (Å²) in [6.45, 7) is 11.9. The standard InChI is InChI=1S/C14H26N2O/c1-5-13(17)16-9-11-6-12(8-15-7-11)14(16,4)10(2)3/h10-12,15H,5-9H2,1-4H3/t11-,12-,14+/m0/s1. The van der Waals surface area contributed by atoms with E-state index >= 15 is 0 Å². The molecule has 2 rings (SSSR count). The summed E-state index contributed by atoms with van der Waals surface area (Å²) in [6, 6.07) is 0. The zero-order valence-corrected chi connectivity index (χ0v) is 11.6. The van der Waals surface area contributed by atoms with E-state index in [1.54, 1.807) is 0 Å². The molecule has 0 spiro atoms. The lowest BCUT2D eigenvalue weighted by atomic mass is 9.67. The van der Waals surface area contributed by atoms with Gasteiger partial charge in [0.15, 0.2) is 0 Å². The maximum atomic E-state index is 12.2. The molecule has 0 aromatic heterocycles. The number of rotatable bonds is 2. The average Bonchev–Trinajstić information content (AvgIpc) is 2.33. The van der Waals surface area contributed by atoms with Crippen molar-refractivity contribution in [2.24, 2.45) is 17.8 Å². The van der Waals surface area contributed by atoms with E-state index in [-0.39, 0.29) is 5.54 Å². The van der Waals surface area contributed by atoms with Crippen molar-refractivity contribution in [1.82, 2.24) is 10.2 Å². The molecule has 2 fully saturated rings. The van der Waals surface area contributed by atoms with Crippen LogP contribution in [0.3, 0.4) is 0 Å². The van der Waals surface area contributed by atoms with Gasteiger partial charge in [-0.05, 0) is 37.6 Å². The van der Waals surface area contributed by atoms with E-state index in [1.165, 1.54) is 6.42 Å². The first-order chi connectivity index (χ1) is 8.00. The largest absolute Gasteiger partial charge is 0.336 e. The molecule has 17 heavy (non-hydrogen) atoms. The van der Waals surface area contributed by atoms with E-state index in [9.17, 15) is 4.79 Å². The van der Waals surface area contributed by atoms with Crippen LogP contribution in [0.2, 0.25) is 0 Å². The molecule has 98 valence electrons. The number of hydrogen-bond acceptors (Lipinski definition) is 2. The molecule has 0 aromatic carbocycles. The number of likely N-dealkylation sites (tertiary alicyclic amines) is 1. The lowest BCUT2D eigenvalue weighted by molar-refractivity contribution is -0.150. The van der Waals surface area contributed by atoms with Crippen LogP contribution in [0, 0.1) is 17.8 Å². The van der Waals surface area contributed by atoms with Crippen LogP contribution in [-0.2, 0) is 4.79 Å². The molecule has 2 aliphatic rings. The molecule has 2 bridgehead atoms. The van der Waals surface area contributed by atoms with Gasteiger partial charge in [-0.2, -0.15) is 0 Å². The fourth-order valence-corrected chi connectivity index (χ4v) is 3.63. The van der Waals surface area contributed by atoms with Crippen molar-refractivity contribution in [2.75, 3.05) is 19.6 Å². The smallest absolute Gasteiger partial charge is 0.222 e. The van der Waals surface area contributed by atoms with Gasteiger partial charge >= 0.3 is 0 Å². The molecule has 3 heteroatoms. The summed E-state index contributed by atoms with van der Waals surface area (Å²) in [5, 5.41) is 3.54. The van der Waals surface area contributed by atoms with Gasteiger partial charge in [0.05, 0.1) is 0 Å². The van der Waals surface area contributed by atoms with Crippen LogP contribution < -0.4 is 5.32 Å². The quantitative estimate of drug-likeness (QED) is 0.796. The van der Waals surface area contributed by atoms with Crippen molar-refractivity contribution in [1.29, 1.82) is 0 Å². The third-order valence-electron chi connectivity index (χ3n) is 5.06. The van der Waals surface area contributed by atoms with E-state index in [1.807, 2.05) is 6.92 Å². The van der Waals surface area contributed by atoms with Crippen LogP contribution in [0.1, 0.15) is 40.5 Å². The van der Waals surface area contributed by atoms with Gasteiger partial charge in [0.1, 0.15) is 0 Å². The molecule has 2 heterocycles. The number of carbonyl (C=O) groups excluding carboxylic acids is 1. The monoisotopic (exact) mass is 238 g/mol. The van der Waals surface area contributed by atoms with Gasteiger partial charge in [-0.1, -0.05) is 20.8 Å². The predicted octanol–water partition coefficient (Wildman–Crippen LogP) is 1.88. The Balaban J connectivity index is 2.30. The molecule has 0 saturated carbocycles. The van der Waals surface area contributed by atoms with E-state index in [0.717, 1.165) is 19.6 Å². The second-order valence-corrected chi connectivity index (χ2v) is 6.20. The molecule has 1 amide bonds. The van der Waals surface area contributed by atoms with Crippen molar-refractivity contribution in [3.63, 3.8) is 0 Å². The minimum absolute atomic E-state index is 0.0387. The fourth-order valence-electron chi connectivity index (χ4n) is 3.63. The molecule has 3 atom stereocenters. The summed E-state index contributed by atoms with van der Waals surface area (Å²) < 4.78 is 0. The highest BCUT2D eigenvalue weighted by Crippen LogP contribution is 2.42. The second-order valence-electron chi connectivity index (χ2n) is 6.20. The highest BCUT2D eigenvalue weighted by molar-refractivity contribution is 5.77. The summed E-state index contributed by atoms with van der Waals surface area (Å²) >= 11 is 0. The molecule has 2 aliphatic heterocycles. The van der Waals surface area contributed by atoms with Crippen LogP contribution in [0.4, 0.5) is 0 Å². The summed E-state index contributed by atoms with van der Waals surface area (Å²) in [4.78, 5) is 14.4. The first-order valence-corrected chi connectivity index (χ1v) is 7.01. The number of nitrogens with zero attached hydrogens (tertiary/aromatic N) is 1. The molecule has 0 aromatic rings. The molecule has 2 saturated heterocycles. The summed E-state index contributed by atoms with van der Waals surface area (Å²) in [6.07, 6.45) is 1.92. The topological polar surface area (TPSA) is 32.3 Å². The lowest BCUT2D eigenvalue weighted by Crippen LogP contribution is -2.67. The number of fused-ring (bicyclic) bond motifs is 2. The summed E-state index contributed by atoms with van der Waals surface area (Å²) in [5.74, 6) is 2.13. The second kappa shape index (κ2) is 4.60. The Labute approximate surface area is 105 Å². The first kappa shape index (κ1) is 12.9. The molecule has 1 N–H and O–H groups in total. The molecular formula is C14H26N2O. The molecule has 0 radical (unpaired) electrons. The molecule has 0 unspecified atom stereocenters. The van der Waals surface area contributed by atoms with E-state index in [4.69, 9.17) is 0 Å². The third kappa shape index (κ3) is 1.99. The van der Waals surface area contributed by atoms with Crippen molar-refractivity contribution < 1.29 is 4.79 Å². The predicted molar refractivity (Wildman–Crippen MR) is 69.7 cm³/mol. The molecular weight excluding hydrogens is 212 g/mol. The third-order valence-corrected chi connectivity index (χ3v) is 5.06. The zero-order valence-electron chi connectivity index (χ0n) is 11.6. The maximum absolute atomic E-state index is 12.2. The van der Waals surface area contributed by atoms with Crippen LogP contribution in [0.15, 0.2) is 0 Å². The van der Waals surface area contributed by atoms with Crippen LogP contribution >= 0.6 is 0 Å². The molecule has 0 aliphatic carbocycles. The highest BCUT2D eigenvalue weighted by Gasteiger charge is 2.49. The minimum Gasteiger partial charge on any atom is -0.336 e. The van der Waals surface area contributed by atoms with E-state index in [2.05, 4.69) is 31.0 Å². The van der Waals surface area contributed by atoms with Gasteiger partial charge < -0.3 is 10.2 Å². The molecule has 3 nitrogen and oxygen atoms in total. The minimum atomic E-state index is 0.0387. The Morgan fingerprint density at radius 2 is 2.18 bits per heavy atom. The summed E-state index contributed by atoms with van der Waals surface area (Å²) in [5.41, 5.74) is 0.0387. The number of carbonyl (C=O) groups is 1. The highest BCUT2D eigenvalue weighted by atomic mass is 16.2. The average molecular weight is 238 g/mol. The summed E-state index contributed by atoms with van der Waals surface area (Å²) in [7, 11) is 0. The van der Waals surface area contributed by atoms with Crippen molar-refractivity contribution >= 4 is 5.91 Å². The zero-order chi connectivity index (χ0) is 12.6. The van der Waals surface area contributed by atoms with Gasteiger partial charge in [-0.15, -0.1) is 0 Å². The van der Waals surface area contributed by atoms with Gasteiger partial charge in [-0.25, -0.2) is 0 Å². The van der Waals surface area contributed by atoms with Gasteiger partial charge in [-0.3, -0.25) is 4.79 Å². The van der Waals surface area contributed by atoms with E-state index < -0.39 is 0 Å². The Hall–Kier alpha value is -0.570. The lowest BCUT2D eigenvalue weighted by Gasteiger charge is -2.57. The van der Waals surface area contributed by atoms with Gasteiger partial charge in [0, 0.05) is 25.0 Å². The van der Waals surface area contributed by atoms with Gasteiger partial charge in [0.2, 0.25) is 5.91 Å². The Morgan fingerprint density at radius 1 is 1.47 bits per heavy atom. The number of hydrogen-bond donors (Lipinski definition) is 1. The Morgan fingerprint density at radius 3 is 2.76 bits per heavy atom. The van der Waals surface area contributed by atoms with Crippen LogP contribution in [0.5, 0.6) is 0 Å². The van der Waals surface area contributed by atoms with Crippen molar-refractivity contribution in [3.8, 4) is 0 Å². The fraction of sp³-hybridized carbons (Fsp3) is 0.929. The van der Waals surface area contributed by atoms with Crippen molar-refractivity contribution in [2.45, 2.75) is 46.1 Å². The van der Waals surface area contributed by atoms with Gasteiger partial charge in [0.25, 0.3) is 0 Å². The Bertz CT molecular complexity index is 303. The number of nitrogens with one attached hydrogen (secondary N) is 1. The van der Waals surface area contributed by atoms with Crippen LogP contribution in [0.25, 0.3) is 0 Å². The van der Waals surface area contributed by atoms with Crippen molar-refractivity contribution in [3.05, 3.63) is 0 Å². The normalized spacial score (nSPS) is 37.4. The maximum Gasteiger partial charge on any atom is 0.222 e. The SMILES string of the molecule is CCC(=O)N1C[C@@H]2CNC[C@H](C2)[C@@]1(C)C(C)C.